The largest absolute Gasteiger partial charge is 0.352 e. The van der Waals surface area contributed by atoms with E-state index in [0.717, 1.165) is 24.8 Å². The number of amides is 1. The average Bonchev–Trinajstić information content (AvgIpc) is 2.41. The van der Waals surface area contributed by atoms with Gasteiger partial charge in [0.25, 0.3) is 0 Å². The molecule has 2 atom stereocenters. The van der Waals surface area contributed by atoms with Crippen LogP contribution in [-0.4, -0.2) is 18.0 Å². The van der Waals surface area contributed by atoms with Crippen molar-refractivity contribution in [2.24, 2.45) is 5.73 Å². The second kappa shape index (κ2) is 6.36. The van der Waals surface area contributed by atoms with Crippen molar-refractivity contribution in [1.82, 2.24) is 5.32 Å². The van der Waals surface area contributed by atoms with Gasteiger partial charge in [-0.25, -0.2) is 0 Å². The van der Waals surface area contributed by atoms with Gasteiger partial charge < -0.3 is 11.1 Å². The summed E-state index contributed by atoms with van der Waals surface area (Å²) >= 11 is 0. The Morgan fingerprint density at radius 2 is 2.11 bits per heavy atom. The first-order valence-electron chi connectivity index (χ1n) is 6.50. The van der Waals surface area contributed by atoms with Crippen molar-refractivity contribution in [1.29, 1.82) is 0 Å². The molecule has 0 bridgehead atoms. The molecule has 0 aliphatic heterocycles. The topological polar surface area (TPSA) is 55.1 Å². The minimum atomic E-state index is -0.460. The van der Waals surface area contributed by atoms with Gasteiger partial charge >= 0.3 is 0 Å². The number of benzene rings is 1. The lowest BCUT2D eigenvalue weighted by Gasteiger charge is -2.21. The Hall–Kier alpha value is -1.61. The van der Waals surface area contributed by atoms with E-state index in [1.807, 2.05) is 30.3 Å². The summed E-state index contributed by atoms with van der Waals surface area (Å²) in [6.45, 7) is 0. The zero-order valence-electron chi connectivity index (χ0n) is 10.5. The molecule has 3 nitrogen and oxygen atoms in total. The fourth-order valence-corrected chi connectivity index (χ4v) is 2.19. The van der Waals surface area contributed by atoms with Gasteiger partial charge in [-0.3, -0.25) is 4.79 Å². The molecule has 1 amide bonds. The molecule has 0 spiro atoms. The van der Waals surface area contributed by atoms with Gasteiger partial charge in [-0.05, 0) is 31.2 Å². The maximum absolute atomic E-state index is 12.0. The number of carbonyl (C=O) groups excluding carboxylic acids is 1. The van der Waals surface area contributed by atoms with E-state index in [1.165, 1.54) is 0 Å². The van der Waals surface area contributed by atoms with E-state index in [4.69, 9.17) is 5.73 Å². The number of hydrogen-bond donors (Lipinski definition) is 2. The van der Waals surface area contributed by atoms with E-state index in [0.29, 0.717) is 6.42 Å². The van der Waals surface area contributed by atoms with Crippen molar-refractivity contribution in [3.63, 3.8) is 0 Å². The number of nitrogens with two attached hydrogens (primary N) is 1. The van der Waals surface area contributed by atoms with Gasteiger partial charge in [0.15, 0.2) is 0 Å². The Kier molecular flexibility index (Phi) is 4.53. The van der Waals surface area contributed by atoms with Crippen molar-refractivity contribution in [3.05, 3.63) is 48.0 Å². The van der Waals surface area contributed by atoms with Crippen LogP contribution in [0.25, 0.3) is 0 Å². The molecule has 0 saturated carbocycles. The first kappa shape index (κ1) is 12.8. The van der Waals surface area contributed by atoms with Gasteiger partial charge in [-0.15, -0.1) is 0 Å². The number of allylic oxidation sites excluding steroid dienone is 1. The monoisotopic (exact) mass is 244 g/mol. The Labute approximate surface area is 108 Å². The van der Waals surface area contributed by atoms with E-state index in [9.17, 15) is 4.79 Å². The SMILES string of the molecule is N[C@@H](Cc1ccccc1)C(=O)NC1CC=CCC1. The lowest BCUT2D eigenvalue weighted by molar-refractivity contribution is -0.123. The second-order valence-electron chi connectivity index (χ2n) is 4.79. The van der Waals surface area contributed by atoms with Crippen LogP contribution >= 0.6 is 0 Å². The van der Waals surface area contributed by atoms with Gasteiger partial charge in [0.05, 0.1) is 6.04 Å². The van der Waals surface area contributed by atoms with E-state index in [2.05, 4.69) is 17.5 Å². The van der Waals surface area contributed by atoms with Crippen molar-refractivity contribution < 1.29 is 4.79 Å². The van der Waals surface area contributed by atoms with E-state index in [1.54, 1.807) is 0 Å². The third-order valence-electron chi connectivity index (χ3n) is 3.25. The predicted octanol–water partition coefficient (Wildman–Crippen LogP) is 1.78. The van der Waals surface area contributed by atoms with Gasteiger partial charge in [0.1, 0.15) is 0 Å². The molecule has 3 N–H and O–H groups in total. The van der Waals surface area contributed by atoms with E-state index < -0.39 is 6.04 Å². The third-order valence-corrected chi connectivity index (χ3v) is 3.25. The highest BCUT2D eigenvalue weighted by Crippen LogP contribution is 2.11. The lowest BCUT2D eigenvalue weighted by atomic mass is 10.0. The first-order chi connectivity index (χ1) is 8.75. The molecule has 0 radical (unpaired) electrons. The molecular weight excluding hydrogens is 224 g/mol. The summed E-state index contributed by atoms with van der Waals surface area (Å²) in [5.74, 6) is -0.0425. The van der Waals surface area contributed by atoms with Crippen LogP contribution in [0.3, 0.4) is 0 Å². The van der Waals surface area contributed by atoms with Crippen molar-refractivity contribution in [3.8, 4) is 0 Å². The van der Waals surface area contributed by atoms with Crippen LogP contribution < -0.4 is 11.1 Å². The molecular formula is C15H20N2O. The fourth-order valence-electron chi connectivity index (χ4n) is 2.19. The summed E-state index contributed by atoms with van der Waals surface area (Å²) in [4.78, 5) is 12.0. The van der Waals surface area contributed by atoms with Crippen LogP contribution in [0.5, 0.6) is 0 Å². The van der Waals surface area contributed by atoms with E-state index >= 15 is 0 Å². The number of hydrogen-bond acceptors (Lipinski definition) is 2. The number of carbonyl (C=O) groups is 1. The average molecular weight is 244 g/mol. The summed E-state index contributed by atoms with van der Waals surface area (Å²) < 4.78 is 0. The van der Waals surface area contributed by atoms with Crippen LogP contribution in [0.2, 0.25) is 0 Å². The maximum Gasteiger partial charge on any atom is 0.237 e. The fraction of sp³-hybridized carbons (Fsp3) is 0.400. The molecule has 0 aromatic heterocycles. The number of rotatable bonds is 4. The molecule has 1 aliphatic rings. The Morgan fingerprint density at radius 3 is 2.78 bits per heavy atom. The molecule has 1 aromatic rings. The normalized spacial score (nSPS) is 20.4. The minimum absolute atomic E-state index is 0.0425. The van der Waals surface area contributed by atoms with Crippen LogP contribution in [0, 0.1) is 0 Å². The molecule has 3 heteroatoms. The zero-order valence-corrected chi connectivity index (χ0v) is 10.5. The van der Waals surface area contributed by atoms with Gasteiger partial charge in [-0.1, -0.05) is 42.5 Å². The molecule has 0 saturated heterocycles. The van der Waals surface area contributed by atoms with Gasteiger partial charge in [-0.2, -0.15) is 0 Å². The van der Waals surface area contributed by atoms with Crippen LogP contribution in [0.15, 0.2) is 42.5 Å². The number of nitrogens with one attached hydrogen (secondary N) is 1. The van der Waals surface area contributed by atoms with Gasteiger partial charge in [0.2, 0.25) is 5.91 Å². The summed E-state index contributed by atoms with van der Waals surface area (Å²) in [5.41, 5.74) is 7.04. The van der Waals surface area contributed by atoms with Crippen LogP contribution in [-0.2, 0) is 11.2 Å². The summed E-state index contributed by atoms with van der Waals surface area (Å²) in [6, 6.07) is 9.68. The smallest absolute Gasteiger partial charge is 0.237 e. The highest BCUT2D eigenvalue weighted by molar-refractivity contribution is 5.82. The maximum atomic E-state index is 12.0. The molecule has 1 unspecified atom stereocenters. The van der Waals surface area contributed by atoms with Crippen LogP contribution in [0.4, 0.5) is 0 Å². The van der Waals surface area contributed by atoms with Crippen molar-refractivity contribution >= 4 is 5.91 Å². The molecule has 18 heavy (non-hydrogen) atoms. The molecule has 2 rings (SSSR count). The zero-order chi connectivity index (χ0) is 12.8. The second-order valence-corrected chi connectivity index (χ2v) is 4.79. The molecule has 0 heterocycles. The molecule has 0 fully saturated rings. The Bertz CT molecular complexity index is 414. The van der Waals surface area contributed by atoms with Crippen molar-refractivity contribution in [2.45, 2.75) is 37.8 Å². The minimum Gasteiger partial charge on any atom is -0.352 e. The van der Waals surface area contributed by atoms with Crippen LogP contribution in [0.1, 0.15) is 24.8 Å². The third kappa shape index (κ3) is 3.70. The summed E-state index contributed by atoms with van der Waals surface area (Å²) in [6.07, 6.45) is 7.85. The summed E-state index contributed by atoms with van der Waals surface area (Å²) in [7, 11) is 0. The van der Waals surface area contributed by atoms with Crippen molar-refractivity contribution in [2.75, 3.05) is 0 Å². The highest BCUT2D eigenvalue weighted by Gasteiger charge is 2.18. The lowest BCUT2D eigenvalue weighted by Crippen LogP contribution is -2.46. The summed E-state index contributed by atoms with van der Waals surface area (Å²) in [5, 5.41) is 3.02. The molecule has 1 aromatic carbocycles. The highest BCUT2D eigenvalue weighted by atomic mass is 16.2. The predicted molar refractivity (Wildman–Crippen MR) is 73.0 cm³/mol. The quantitative estimate of drug-likeness (QED) is 0.793. The molecule has 1 aliphatic carbocycles. The Balaban J connectivity index is 1.83. The van der Waals surface area contributed by atoms with Gasteiger partial charge in [0, 0.05) is 6.04 Å². The first-order valence-corrected chi connectivity index (χ1v) is 6.50. The molecule has 96 valence electrons. The standard InChI is InChI=1S/C15H20N2O/c16-14(11-12-7-3-1-4-8-12)15(18)17-13-9-5-2-6-10-13/h1-5,7-8,13-14H,6,9-11,16H2,(H,17,18)/t13?,14-/m0/s1. The van der Waals surface area contributed by atoms with E-state index in [-0.39, 0.29) is 11.9 Å². The Morgan fingerprint density at radius 1 is 1.33 bits per heavy atom.